The van der Waals surface area contributed by atoms with Crippen LogP contribution in [0.25, 0.3) is 0 Å². The summed E-state index contributed by atoms with van der Waals surface area (Å²) in [5.74, 6) is 0.123. The van der Waals surface area contributed by atoms with E-state index >= 15 is 0 Å². The van der Waals surface area contributed by atoms with Crippen molar-refractivity contribution in [3.63, 3.8) is 0 Å². The molecule has 1 saturated heterocycles. The van der Waals surface area contributed by atoms with Crippen molar-refractivity contribution in [3.8, 4) is 0 Å². The van der Waals surface area contributed by atoms with E-state index in [-0.39, 0.29) is 11.4 Å². The lowest BCUT2D eigenvalue weighted by molar-refractivity contribution is -0.0552. The number of rotatable bonds is 3. The van der Waals surface area contributed by atoms with Gasteiger partial charge < -0.3 is 10.5 Å². The second kappa shape index (κ2) is 5.08. The van der Waals surface area contributed by atoms with Crippen molar-refractivity contribution in [1.82, 2.24) is 4.90 Å². The fraction of sp³-hybridized carbons (Fsp3) is 0.500. The zero-order chi connectivity index (χ0) is 13.2. The molecule has 18 heavy (non-hydrogen) atoms. The van der Waals surface area contributed by atoms with Crippen molar-refractivity contribution in [2.45, 2.75) is 25.9 Å². The monoisotopic (exact) mass is 247 g/mol. The first-order valence-corrected chi connectivity index (χ1v) is 6.25. The Bertz CT molecular complexity index is 442. The minimum Gasteiger partial charge on any atom is -0.384 e. The van der Waals surface area contributed by atoms with E-state index < -0.39 is 0 Å². The highest BCUT2D eigenvalue weighted by Crippen LogP contribution is 2.21. The van der Waals surface area contributed by atoms with Gasteiger partial charge in [0, 0.05) is 24.2 Å². The van der Waals surface area contributed by atoms with Gasteiger partial charge in [0.1, 0.15) is 5.84 Å². The molecule has 0 aliphatic carbocycles. The molecule has 0 aromatic heterocycles. The average Bonchev–Trinajstić information content (AvgIpc) is 2.32. The summed E-state index contributed by atoms with van der Waals surface area (Å²) in [5.41, 5.74) is 7.56. The highest BCUT2D eigenvalue weighted by Gasteiger charge is 2.30. The van der Waals surface area contributed by atoms with Gasteiger partial charge in [0.15, 0.2) is 0 Å². The van der Waals surface area contributed by atoms with E-state index in [4.69, 9.17) is 15.9 Å². The summed E-state index contributed by atoms with van der Waals surface area (Å²) >= 11 is 0. The van der Waals surface area contributed by atoms with E-state index in [1.54, 1.807) is 0 Å². The Labute approximate surface area is 108 Å². The standard InChI is InChI=1S/C14H21N3O/c1-14(2)10-18-7-6-17(14)9-11-4-3-5-12(8-11)13(15)16/h3-5,8H,6-7,9-10H2,1-2H3,(H3,15,16). The summed E-state index contributed by atoms with van der Waals surface area (Å²) in [4.78, 5) is 2.41. The molecule has 0 unspecified atom stereocenters. The van der Waals surface area contributed by atoms with Crippen LogP contribution in [0.2, 0.25) is 0 Å². The SMILES string of the molecule is CC1(C)COCCN1Cc1cccc(C(=N)N)c1. The topological polar surface area (TPSA) is 62.3 Å². The maximum Gasteiger partial charge on any atom is 0.122 e. The lowest BCUT2D eigenvalue weighted by Gasteiger charge is -2.42. The summed E-state index contributed by atoms with van der Waals surface area (Å²) in [5, 5.41) is 7.47. The number of nitrogens with zero attached hydrogens (tertiary/aromatic N) is 1. The van der Waals surface area contributed by atoms with Crippen LogP contribution in [-0.2, 0) is 11.3 Å². The third kappa shape index (κ3) is 2.89. The second-order valence-electron chi connectivity index (χ2n) is 5.40. The number of morpholine rings is 1. The van der Waals surface area contributed by atoms with Crippen LogP contribution in [0.15, 0.2) is 24.3 Å². The predicted molar refractivity (Wildman–Crippen MR) is 72.8 cm³/mol. The molecule has 0 spiro atoms. The maximum atomic E-state index is 7.47. The Morgan fingerprint density at radius 2 is 2.28 bits per heavy atom. The molecule has 1 aliphatic rings. The van der Waals surface area contributed by atoms with Crippen LogP contribution in [0.4, 0.5) is 0 Å². The zero-order valence-electron chi connectivity index (χ0n) is 11.1. The summed E-state index contributed by atoms with van der Waals surface area (Å²) in [6.45, 7) is 7.76. The van der Waals surface area contributed by atoms with Crippen molar-refractivity contribution in [3.05, 3.63) is 35.4 Å². The molecule has 98 valence electrons. The maximum absolute atomic E-state index is 7.47. The van der Waals surface area contributed by atoms with Gasteiger partial charge in [-0.1, -0.05) is 18.2 Å². The smallest absolute Gasteiger partial charge is 0.122 e. The summed E-state index contributed by atoms with van der Waals surface area (Å²) < 4.78 is 5.52. The number of benzene rings is 1. The normalized spacial score (nSPS) is 19.7. The number of ether oxygens (including phenoxy) is 1. The molecule has 0 radical (unpaired) electrons. The summed E-state index contributed by atoms with van der Waals surface area (Å²) in [7, 11) is 0. The Kier molecular flexibility index (Phi) is 3.68. The van der Waals surface area contributed by atoms with Crippen LogP contribution in [0.5, 0.6) is 0 Å². The van der Waals surface area contributed by atoms with Crippen LogP contribution in [0, 0.1) is 5.41 Å². The molecule has 0 amide bonds. The van der Waals surface area contributed by atoms with Gasteiger partial charge in [0.25, 0.3) is 0 Å². The van der Waals surface area contributed by atoms with E-state index in [0.717, 1.165) is 31.9 Å². The van der Waals surface area contributed by atoms with Gasteiger partial charge in [-0.15, -0.1) is 0 Å². The number of hydrogen-bond acceptors (Lipinski definition) is 3. The Morgan fingerprint density at radius 1 is 1.50 bits per heavy atom. The van der Waals surface area contributed by atoms with Crippen molar-refractivity contribution >= 4 is 5.84 Å². The van der Waals surface area contributed by atoms with Crippen molar-refractivity contribution in [1.29, 1.82) is 5.41 Å². The highest BCUT2D eigenvalue weighted by atomic mass is 16.5. The first-order valence-electron chi connectivity index (χ1n) is 6.25. The van der Waals surface area contributed by atoms with Crippen molar-refractivity contribution in [2.24, 2.45) is 5.73 Å². The largest absolute Gasteiger partial charge is 0.384 e. The molecule has 2 rings (SSSR count). The molecule has 0 atom stereocenters. The first-order chi connectivity index (χ1) is 8.49. The van der Waals surface area contributed by atoms with Crippen LogP contribution in [0.3, 0.4) is 0 Å². The minimum absolute atomic E-state index is 0.0600. The molecule has 1 heterocycles. The second-order valence-corrected chi connectivity index (χ2v) is 5.40. The number of nitrogens with one attached hydrogen (secondary N) is 1. The molecule has 1 aromatic rings. The molecule has 3 N–H and O–H groups in total. The van der Waals surface area contributed by atoms with E-state index in [2.05, 4.69) is 24.8 Å². The van der Waals surface area contributed by atoms with Gasteiger partial charge in [-0.2, -0.15) is 0 Å². The highest BCUT2D eigenvalue weighted by molar-refractivity contribution is 5.95. The fourth-order valence-electron chi connectivity index (χ4n) is 2.24. The van der Waals surface area contributed by atoms with E-state index in [0.29, 0.717) is 0 Å². The zero-order valence-corrected chi connectivity index (χ0v) is 11.1. The fourth-order valence-corrected chi connectivity index (χ4v) is 2.24. The van der Waals surface area contributed by atoms with Crippen LogP contribution < -0.4 is 5.73 Å². The Hall–Kier alpha value is -1.39. The number of nitrogen functional groups attached to an aromatic ring is 1. The number of nitrogens with two attached hydrogens (primary N) is 1. The average molecular weight is 247 g/mol. The van der Waals surface area contributed by atoms with Crippen molar-refractivity contribution in [2.75, 3.05) is 19.8 Å². The van der Waals surface area contributed by atoms with Gasteiger partial charge in [0.05, 0.1) is 13.2 Å². The van der Waals surface area contributed by atoms with Gasteiger partial charge in [0.2, 0.25) is 0 Å². The van der Waals surface area contributed by atoms with Crippen LogP contribution >= 0.6 is 0 Å². The minimum atomic E-state index is 0.0600. The third-order valence-corrected chi connectivity index (χ3v) is 3.43. The van der Waals surface area contributed by atoms with E-state index in [1.807, 2.05) is 18.2 Å². The first kappa shape index (κ1) is 13.1. The summed E-state index contributed by atoms with van der Waals surface area (Å²) in [6.07, 6.45) is 0. The molecule has 4 heteroatoms. The molecule has 1 aliphatic heterocycles. The lowest BCUT2D eigenvalue weighted by Crippen LogP contribution is -2.52. The predicted octanol–water partition coefficient (Wildman–Crippen LogP) is 1.58. The van der Waals surface area contributed by atoms with Crippen LogP contribution in [-0.4, -0.2) is 36.0 Å². The van der Waals surface area contributed by atoms with Gasteiger partial charge >= 0.3 is 0 Å². The summed E-state index contributed by atoms with van der Waals surface area (Å²) in [6, 6.07) is 7.90. The molecule has 0 saturated carbocycles. The quantitative estimate of drug-likeness (QED) is 0.629. The van der Waals surface area contributed by atoms with Gasteiger partial charge in [-0.05, 0) is 25.5 Å². The number of hydrogen-bond donors (Lipinski definition) is 2. The molecule has 1 fully saturated rings. The van der Waals surface area contributed by atoms with E-state index in [9.17, 15) is 0 Å². The Balaban J connectivity index is 2.13. The van der Waals surface area contributed by atoms with Crippen molar-refractivity contribution < 1.29 is 4.74 Å². The molecule has 0 bridgehead atoms. The number of amidine groups is 1. The van der Waals surface area contributed by atoms with Gasteiger partial charge in [-0.25, -0.2) is 0 Å². The third-order valence-electron chi connectivity index (χ3n) is 3.43. The molecular weight excluding hydrogens is 226 g/mol. The van der Waals surface area contributed by atoms with Crippen LogP contribution in [0.1, 0.15) is 25.0 Å². The molecular formula is C14H21N3O. The molecule has 4 nitrogen and oxygen atoms in total. The molecule has 1 aromatic carbocycles. The Morgan fingerprint density at radius 3 is 2.94 bits per heavy atom. The van der Waals surface area contributed by atoms with Gasteiger partial charge in [-0.3, -0.25) is 10.3 Å². The lowest BCUT2D eigenvalue weighted by atomic mass is 10.0. The van der Waals surface area contributed by atoms with E-state index in [1.165, 1.54) is 5.56 Å².